The maximum atomic E-state index is 13.5. The molecule has 0 N–H and O–H groups in total. The lowest BCUT2D eigenvalue weighted by molar-refractivity contribution is -0.141. The Morgan fingerprint density at radius 2 is 1.60 bits per heavy atom. The van der Waals surface area contributed by atoms with E-state index in [4.69, 9.17) is 44.8 Å². The molecule has 4 atom stereocenters. The molecular weight excluding hydrogens is 610 g/mol. The van der Waals surface area contributed by atoms with E-state index in [1.807, 2.05) is 0 Å². The van der Waals surface area contributed by atoms with Crippen molar-refractivity contribution in [3.8, 4) is 28.7 Å². The van der Waals surface area contributed by atoms with Gasteiger partial charge in [0.05, 0.1) is 51.2 Å². The third kappa shape index (κ3) is 4.46. The van der Waals surface area contributed by atoms with Crippen LogP contribution in [0.15, 0.2) is 42.5 Å². The van der Waals surface area contributed by atoms with Crippen molar-refractivity contribution in [1.82, 2.24) is 0 Å². The van der Waals surface area contributed by atoms with Crippen molar-refractivity contribution in [1.29, 1.82) is 0 Å². The van der Waals surface area contributed by atoms with Crippen LogP contribution in [0.4, 0.5) is 5.69 Å². The first-order valence-corrected chi connectivity index (χ1v) is 14.4. The van der Waals surface area contributed by atoms with Crippen LogP contribution < -0.4 is 28.6 Å². The van der Waals surface area contributed by atoms with Crippen molar-refractivity contribution < 1.29 is 52.3 Å². The summed E-state index contributed by atoms with van der Waals surface area (Å²) in [5.74, 6) is -2.63. The number of ether oxygens (including phenoxy) is 7. The van der Waals surface area contributed by atoms with E-state index in [0.29, 0.717) is 45.4 Å². The third-order valence-electron chi connectivity index (χ3n) is 8.64. The number of amides is 2. The molecule has 2 amide bonds. The first kappa shape index (κ1) is 28.9. The summed E-state index contributed by atoms with van der Waals surface area (Å²) in [6.07, 6.45) is -0.819. The fourth-order valence-electron chi connectivity index (χ4n) is 6.69. The predicted octanol–water partition coefficient (Wildman–Crippen LogP) is 3.84. The summed E-state index contributed by atoms with van der Waals surface area (Å²) < 4.78 is 39.9. The SMILES string of the molecule is COc1cc([C@@H]2c3cc4c(cc3[C@H](OCC(=O)N3C(=O)C(=O)c5ccc(Cl)cc53)[C@H]3COC(=O)[C@H]23)OCO4)cc(OC)c1OC. The topological polar surface area (TPSA) is 136 Å². The summed E-state index contributed by atoms with van der Waals surface area (Å²) >= 11 is 6.10. The fraction of sp³-hybridized carbons (Fsp3) is 0.312. The van der Waals surface area contributed by atoms with Gasteiger partial charge >= 0.3 is 11.9 Å². The summed E-state index contributed by atoms with van der Waals surface area (Å²) in [5.41, 5.74) is 2.21. The Morgan fingerprint density at radius 1 is 0.911 bits per heavy atom. The van der Waals surface area contributed by atoms with Crippen LogP contribution >= 0.6 is 11.6 Å². The molecule has 4 aliphatic rings. The number of ketones is 1. The molecule has 7 rings (SSSR count). The van der Waals surface area contributed by atoms with Crippen LogP contribution in [0.3, 0.4) is 0 Å². The van der Waals surface area contributed by atoms with Crippen molar-refractivity contribution >= 4 is 40.9 Å². The van der Waals surface area contributed by atoms with Gasteiger partial charge < -0.3 is 33.2 Å². The van der Waals surface area contributed by atoms with E-state index in [2.05, 4.69) is 0 Å². The molecule has 13 heteroatoms. The number of benzene rings is 3. The zero-order chi connectivity index (χ0) is 31.6. The minimum Gasteiger partial charge on any atom is -0.493 e. The highest BCUT2D eigenvalue weighted by molar-refractivity contribution is 6.56. The van der Waals surface area contributed by atoms with Gasteiger partial charge in [-0.3, -0.25) is 19.2 Å². The van der Waals surface area contributed by atoms with E-state index in [-0.39, 0.29) is 29.7 Å². The lowest BCUT2D eigenvalue weighted by Gasteiger charge is -2.39. The molecular formula is C32H26ClNO11. The first-order valence-electron chi connectivity index (χ1n) is 14.0. The van der Waals surface area contributed by atoms with Crippen LogP contribution in [0.1, 0.15) is 39.1 Å². The van der Waals surface area contributed by atoms with Gasteiger partial charge in [-0.15, -0.1) is 0 Å². The maximum Gasteiger partial charge on any atom is 0.310 e. The van der Waals surface area contributed by atoms with Crippen molar-refractivity contribution in [2.24, 2.45) is 11.8 Å². The number of Topliss-reactive ketones (excluding diaryl/α,β-unsaturated/α-hetero) is 1. The molecule has 0 bridgehead atoms. The normalized spacial score (nSPS) is 22.5. The highest BCUT2D eigenvalue weighted by atomic mass is 35.5. The number of carbonyl (C=O) groups is 4. The van der Waals surface area contributed by atoms with Crippen molar-refractivity contribution in [2.45, 2.75) is 12.0 Å². The number of anilines is 1. The Bertz CT molecular complexity index is 1760. The fourth-order valence-corrected chi connectivity index (χ4v) is 6.85. The summed E-state index contributed by atoms with van der Waals surface area (Å²) in [6, 6.07) is 11.4. The molecule has 0 saturated carbocycles. The summed E-state index contributed by atoms with van der Waals surface area (Å²) in [4.78, 5) is 53.0. The first-order chi connectivity index (χ1) is 21.7. The quantitative estimate of drug-likeness (QED) is 0.277. The van der Waals surface area contributed by atoms with E-state index < -0.39 is 54.0 Å². The molecule has 232 valence electrons. The van der Waals surface area contributed by atoms with Gasteiger partial charge in [0.15, 0.2) is 23.0 Å². The zero-order valence-corrected chi connectivity index (χ0v) is 25.0. The molecule has 3 aromatic rings. The highest BCUT2D eigenvalue weighted by Crippen LogP contribution is 2.56. The number of carbonyl (C=O) groups excluding carboxylic acids is 4. The van der Waals surface area contributed by atoms with Crippen LogP contribution in [-0.2, 0) is 23.9 Å². The average molecular weight is 636 g/mol. The van der Waals surface area contributed by atoms with Gasteiger partial charge in [-0.25, -0.2) is 4.90 Å². The molecule has 0 spiro atoms. The standard InChI is InChI=1S/C32H26ClNO11/c1-39-23-6-14(7-24(40-2)30(23)41-3)26-17-9-21-22(45-13-44-21)10-18(17)29(19-11-43-32(38)27(19)26)42-12-25(35)34-20-8-15(33)4-5-16(20)28(36)31(34)37/h4-10,19,26-27,29H,11-13H2,1-3H3/t19-,26+,27-,29-/m0/s1. The van der Waals surface area contributed by atoms with Gasteiger partial charge in [0.1, 0.15) is 6.61 Å². The van der Waals surface area contributed by atoms with E-state index in [1.54, 1.807) is 24.3 Å². The number of hydrogen-bond donors (Lipinski definition) is 0. The molecule has 3 heterocycles. The molecule has 1 aliphatic carbocycles. The number of methoxy groups -OCH3 is 3. The zero-order valence-electron chi connectivity index (χ0n) is 24.3. The minimum atomic E-state index is -0.993. The Hall–Kier alpha value is -4.81. The predicted molar refractivity (Wildman–Crippen MR) is 155 cm³/mol. The van der Waals surface area contributed by atoms with Crippen molar-refractivity contribution in [2.75, 3.05) is 46.2 Å². The molecule has 0 aromatic heterocycles. The Labute approximate surface area is 261 Å². The summed E-state index contributed by atoms with van der Waals surface area (Å²) in [5, 5.41) is 0.259. The molecule has 0 unspecified atom stereocenters. The monoisotopic (exact) mass is 635 g/mol. The molecule has 3 aliphatic heterocycles. The molecule has 0 radical (unpaired) electrons. The Balaban J connectivity index is 1.29. The number of imide groups is 1. The average Bonchev–Trinajstić information content (AvgIpc) is 3.73. The third-order valence-corrected chi connectivity index (χ3v) is 8.88. The van der Waals surface area contributed by atoms with Crippen LogP contribution in [-0.4, -0.2) is 64.9 Å². The van der Waals surface area contributed by atoms with Gasteiger partial charge in [-0.05, 0) is 59.2 Å². The van der Waals surface area contributed by atoms with Crippen molar-refractivity contribution in [3.63, 3.8) is 0 Å². The number of esters is 1. The summed E-state index contributed by atoms with van der Waals surface area (Å²) in [7, 11) is 4.52. The number of fused-ring (bicyclic) bond motifs is 4. The van der Waals surface area contributed by atoms with Crippen LogP contribution in [0.25, 0.3) is 0 Å². The lowest BCUT2D eigenvalue weighted by Crippen LogP contribution is -2.40. The summed E-state index contributed by atoms with van der Waals surface area (Å²) in [6.45, 7) is -0.536. The number of cyclic esters (lactones) is 1. The van der Waals surface area contributed by atoms with E-state index in [1.165, 1.54) is 39.5 Å². The van der Waals surface area contributed by atoms with Gasteiger partial charge in [0, 0.05) is 16.9 Å². The lowest BCUT2D eigenvalue weighted by atomic mass is 9.66. The van der Waals surface area contributed by atoms with E-state index >= 15 is 0 Å². The largest absolute Gasteiger partial charge is 0.493 e. The molecule has 1 fully saturated rings. The second kappa shape index (κ2) is 11.0. The molecule has 45 heavy (non-hydrogen) atoms. The van der Waals surface area contributed by atoms with Gasteiger partial charge in [0.2, 0.25) is 12.5 Å². The second-order valence-corrected chi connectivity index (χ2v) is 11.3. The van der Waals surface area contributed by atoms with Gasteiger partial charge in [-0.2, -0.15) is 0 Å². The van der Waals surface area contributed by atoms with Crippen LogP contribution in [0.5, 0.6) is 28.7 Å². The smallest absolute Gasteiger partial charge is 0.310 e. The Kier molecular flexibility index (Phi) is 7.05. The number of hydrogen-bond acceptors (Lipinski definition) is 11. The molecule has 3 aromatic carbocycles. The number of rotatable bonds is 7. The van der Waals surface area contributed by atoms with E-state index in [0.717, 1.165) is 4.90 Å². The minimum absolute atomic E-state index is 0.0129. The van der Waals surface area contributed by atoms with Gasteiger partial charge in [-0.1, -0.05) is 11.6 Å². The molecule has 1 saturated heterocycles. The van der Waals surface area contributed by atoms with E-state index in [9.17, 15) is 19.2 Å². The van der Waals surface area contributed by atoms with Crippen LogP contribution in [0.2, 0.25) is 5.02 Å². The number of halogens is 1. The van der Waals surface area contributed by atoms with Crippen LogP contribution in [0, 0.1) is 11.8 Å². The molecule has 12 nitrogen and oxygen atoms in total. The Morgan fingerprint density at radius 3 is 2.27 bits per heavy atom. The highest BCUT2D eigenvalue weighted by Gasteiger charge is 2.53. The van der Waals surface area contributed by atoms with Crippen molar-refractivity contribution in [3.05, 3.63) is 69.7 Å². The maximum absolute atomic E-state index is 13.5. The van der Waals surface area contributed by atoms with Gasteiger partial charge in [0.25, 0.3) is 11.7 Å². The number of nitrogens with zero attached hydrogens (tertiary/aromatic N) is 1. The second-order valence-electron chi connectivity index (χ2n) is 10.8.